The highest BCUT2D eigenvalue weighted by molar-refractivity contribution is 5.96. The molecule has 54 heavy (non-hydrogen) atoms. The Kier molecular flexibility index (Phi) is 12.9. The van der Waals surface area contributed by atoms with E-state index in [1.165, 1.54) is 66.2 Å². The van der Waals surface area contributed by atoms with Crippen LogP contribution in [0.5, 0.6) is 5.75 Å². The van der Waals surface area contributed by atoms with Crippen LogP contribution >= 0.6 is 0 Å². The average Bonchev–Trinajstić information content (AvgIpc) is 3.44. The summed E-state index contributed by atoms with van der Waals surface area (Å²) in [6.45, 7) is 4.21. The van der Waals surface area contributed by atoms with E-state index in [-0.39, 0.29) is 58.9 Å². The fourth-order valence-corrected chi connectivity index (χ4v) is 5.06. The number of nitrogens with one attached hydrogen (secondary N) is 1. The molecule has 288 valence electrons. The fraction of sp³-hybridized carbons (Fsp3) is 0.342. The van der Waals surface area contributed by atoms with E-state index in [0.717, 1.165) is 27.7 Å². The van der Waals surface area contributed by atoms with Gasteiger partial charge < -0.3 is 33.9 Å². The molecule has 0 aliphatic carbocycles. The Morgan fingerprint density at radius 3 is 2.31 bits per heavy atom. The van der Waals surface area contributed by atoms with Gasteiger partial charge in [0.2, 0.25) is 5.91 Å². The number of nitrogens with zero attached hydrogens (tertiary/aromatic N) is 4. The van der Waals surface area contributed by atoms with Gasteiger partial charge >= 0.3 is 12.2 Å². The molecular weight excluding hydrogens is 711 g/mol. The van der Waals surface area contributed by atoms with E-state index in [0.29, 0.717) is 6.07 Å². The number of pyridine rings is 1. The number of carbonyl (C=O) groups excluding carboxylic acids is 4. The third-order valence-electron chi connectivity index (χ3n) is 7.68. The maximum atomic E-state index is 14.9. The molecule has 1 atom stereocenters. The molecule has 0 fully saturated rings. The van der Waals surface area contributed by atoms with Crippen molar-refractivity contribution >= 4 is 40.6 Å². The molecule has 0 radical (unpaired) electrons. The molecule has 2 aromatic carbocycles. The number of hydrogen-bond donors (Lipinski definition) is 1. The van der Waals surface area contributed by atoms with Crippen molar-refractivity contribution < 1.29 is 46.6 Å². The summed E-state index contributed by atoms with van der Waals surface area (Å²) in [4.78, 5) is 67.6. The zero-order valence-corrected chi connectivity index (χ0v) is 30.9. The minimum Gasteiger partial charge on any atom is -0.486 e. The van der Waals surface area contributed by atoms with Gasteiger partial charge in [-0.05, 0) is 76.1 Å². The van der Waals surface area contributed by atoms with Crippen LogP contribution in [0.3, 0.4) is 0 Å². The van der Waals surface area contributed by atoms with Gasteiger partial charge in [0.15, 0.2) is 6.10 Å². The molecule has 2 heterocycles. The molecule has 0 saturated heterocycles. The Labute approximate surface area is 309 Å². The van der Waals surface area contributed by atoms with Crippen LogP contribution in [0.25, 0.3) is 10.9 Å². The molecule has 0 spiro atoms. The first kappa shape index (κ1) is 40.7. The first-order valence-electron chi connectivity index (χ1n) is 16.7. The van der Waals surface area contributed by atoms with Crippen LogP contribution in [-0.2, 0) is 32.2 Å². The van der Waals surface area contributed by atoms with E-state index in [1.54, 1.807) is 34.9 Å². The van der Waals surface area contributed by atoms with Gasteiger partial charge in [-0.3, -0.25) is 14.4 Å². The number of hydrogen-bond acceptors (Lipinski definition) is 8. The molecular formula is C38H42F3N5O8. The summed E-state index contributed by atoms with van der Waals surface area (Å²) in [6.07, 6.45) is 1.43. The number of anilines is 1. The maximum Gasteiger partial charge on any atom is 0.419 e. The summed E-state index contributed by atoms with van der Waals surface area (Å²) >= 11 is 0. The summed E-state index contributed by atoms with van der Waals surface area (Å²) in [5.41, 5.74) is -1.66. The smallest absolute Gasteiger partial charge is 0.419 e. The number of aromatic nitrogens is 2. The van der Waals surface area contributed by atoms with Crippen LogP contribution in [-0.4, -0.2) is 82.8 Å². The van der Waals surface area contributed by atoms with Gasteiger partial charge in [0.1, 0.15) is 46.6 Å². The molecule has 3 amide bonds. The SMILES string of the molecule is CN(C)C(=O)/C=C/CCC(OC(=O)N(C)C)C(=O)Nc1cccn(Cc2cc3cc(F)cc(OCc4ccc(F)cc4F)c3n2C(=O)OC(C)(C)C)c1=O. The molecule has 0 aliphatic heterocycles. The Balaban J connectivity index is 1.69. The minimum absolute atomic E-state index is 0.00555. The molecule has 4 aromatic rings. The third-order valence-corrected chi connectivity index (χ3v) is 7.68. The predicted molar refractivity (Wildman–Crippen MR) is 194 cm³/mol. The molecule has 1 unspecified atom stereocenters. The number of rotatable bonds is 12. The second kappa shape index (κ2) is 17.2. The summed E-state index contributed by atoms with van der Waals surface area (Å²) in [6, 6.07) is 9.32. The van der Waals surface area contributed by atoms with Crippen LogP contribution in [0.1, 0.15) is 44.9 Å². The van der Waals surface area contributed by atoms with Gasteiger partial charge in [0, 0.05) is 57.5 Å². The first-order valence-corrected chi connectivity index (χ1v) is 16.7. The maximum absolute atomic E-state index is 14.9. The summed E-state index contributed by atoms with van der Waals surface area (Å²) in [5.74, 6) is -3.64. The number of halogens is 3. The number of amides is 3. The van der Waals surface area contributed by atoms with Gasteiger partial charge in [-0.25, -0.2) is 27.3 Å². The van der Waals surface area contributed by atoms with Crippen LogP contribution in [0.2, 0.25) is 0 Å². The summed E-state index contributed by atoms with van der Waals surface area (Å²) < 4.78 is 61.9. The van der Waals surface area contributed by atoms with Crippen molar-refractivity contribution in [1.29, 1.82) is 0 Å². The lowest BCUT2D eigenvalue weighted by atomic mass is 10.1. The molecule has 0 saturated carbocycles. The van der Waals surface area contributed by atoms with Gasteiger partial charge in [-0.15, -0.1) is 0 Å². The van der Waals surface area contributed by atoms with Crippen LogP contribution in [0.4, 0.5) is 28.4 Å². The van der Waals surface area contributed by atoms with E-state index < -0.39 is 59.4 Å². The van der Waals surface area contributed by atoms with E-state index in [4.69, 9.17) is 14.2 Å². The molecule has 2 aromatic heterocycles. The van der Waals surface area contributed by atoms with Crippen molar-refractivity contribution in [3.05, 3.63) is 106 Å². The molecule has 4 rings (SSSR count). The highest BCUT2D eigenvalue weighted by atomic mass is 19.1. The van der Waals surface area contributed by atoms with Crippen LogP contribution in [0, 0.1) is 17.5 Å². The van der Waals surface area contributed by atoms with E-state index in [2.05, 4.69) is 5.32 Å². The number of ether oxygens (including phenoxy) is 3. The highest BCUT2D eigenvalue weighted by Crippen LogP contribution is 2.33. The van der Waals surface area contributed by atoms with Gasteiger partial charge in [0.05, 0.1) is 12.2 Å². The van der Waals surface area contributed by atoms with Gasteiger partial charge in [-0.2, -0.15) is 0 Å². The van der Waals surface area contributed by atoms with Gasteiger partial charge in [-0.1, -0.05) is 6.08 Å². The number of allylic oxidation sites excluding steroid dienone is 1. The lowest BCUT2D eigenvalue weighted by Crippen LogP contribution is -2.37. The number of fused-ring (bicyclic) bond motifs is 1. The fourth-order valence-electron chi connectivity index (χ4n) is 5.06. The number of likely N-dealkylation sites (N-methyl/N-ethyl adjacent to an activating group) is 1. The predicted octanol–water partition coefficient (Wildman–Crippen LogP) is 6.06. The van der Waals surface area contributed by atoms with Crippen molar-refractivity contribution in [2.24, 2.45) is 0 Å². The van der Waals surface area contributed by atoms with Crippen molar-refractivity contribution in [3.63, 3.8) is 0 Å². The average molecular weight is 754 g/mol. The summed E-state index contributed by atoms with van der Waals surface area (Å²) in [5, 5.41) is 2.70. The lowest BCUT2D eigenvalue weighted by Gasteiger charge is -2.22. The lowest BCUT2D eigenvalue weighted by molar-refractivity contribution is -0.125. The highest BCUT2D eigenvalue weighted by Gasteiger charge is 2.27. The topological polar surface area (TPSA) is 141 Å². The first-order chi connectivity index (χ1) is 25.3. The Morgan fingerprint density at radius 2 is 1.67 bits per heavy atom. The van der Waals surface area contributed by atoms with Crippen LogP contribution < -0.4 is 15.6 Å². The Morgan fingerprint density at radius 1 is 0.944 bits per heavy atom. The zero-order valence-electron chi connectivity index (χ0n) is 30.9. The number of carbonyl (C=O) groups is 4. The second-order valence-electron chi connectivity index (χ2n) is 13.6. The largest absolute Gasteiger partial charge is 0.486 e. The molecule has 13 nitrogen and oxygen atoms in total. The Hall–Kier alpha value is -6.06. The molecule has 16 heteroatoms. The van der Waals surface area contributed by atoms with Gasteiger partial charge in [0.25, 0.3) is 11.5 Å². The molecule has 1 N–H and O–H groups in total. The second-order valence-corrected chi connectivity index (χ2v) is 13.6. The molecule has 0 aliphatic rings. The summed E-state index contributed by atoms with van der Waals surface area (Å²) in [7, 11) is 6.04. The Bertz CT molecular complexity index is 2140. The number of benzene rings is 2. The third kappa shape index (κ3) is 10.5. The van der Waals surface area contributed by atoms with Crippen molar-refractivity contribution in [2.75, 3.05) is 33.5 Å². The van der Waals surface area contributed by atoms with E-state index >= 15 is 0 Å². The minimum atomic E-state index is -1.33. The zero-order chi connectivity index (χ0) is 39.9. The monoisotopic (exact) mass is 753 g/mol. The molecule has 0 bridgehead atoms. The van der Waals surface area contributed by atoms with Crippen molar-refractivity contribution in [2.45, 2.75) is 58.5 Å². The normalized spacial score (nSPS) is 12.0. The standard InChI is InChI=1S/C38H42F3N5O8/c1-38(2,3)54-37(51)46-27(18-24-17-26(40)20-31(33(24)46)52-22-23-14-15-25(39)19-28(23)41)21-45-16-10-11-29(35(45)49)42-34(48)30(53-36(50)44(6)7)12-8-9-13-32(47)43(4)5/h9-11,13-20,30H,8,12,21-22H2,1-7H3,(H,42,48)/b13-9+. The van der Waals surface area contributed by atoms with Crippen LogP contribution in [0.15, 0.2) is 71.7 Å². The van der Waals surface area contributed by atoms with Crippen molar-refractivity contribution in [1.82, 2.24) is 18.9 Å². The quantitative estimate of drug-likeness (QED) is 0.172. The van der Waals surface area contributed by atoms with E-state index in [1.807, 2.05) is 0 Å². The van der Waals surface area contributed by atoms with Crippen molar-refractivity contribution in [3.8, 4) is 5.75 Å². The van der Waals surface area contributed by atoms with E-state index in [9.17, 15) is 37.1 Å².